The quantitative estimate of drug-likeness (QED) is 0.430. The molecule has 3 nitrogen and oxygen atoms in total. The van der Waals surface area contributed by atoms with E-state index in [0.717, 1.165) is 24.8 Å². The number of aliphatic hydroxyl groups is 1. The highest BCUT2D eigenvalue weighted by Gasteiger charge is 2.43. The third-order valence-electron chi connectivity index (χ3n) is 5.35. The van der Waals surface area contributed by atoms with E-state index in [1.54, 1.807) is 19.1 Å². The largest absolute Gasteiger partial charge is 0.478 e. The number of rotatable bonds is 6. The SMILES string of the molecule is C=C[C@@]1(C)CC[C@H](C(C)(O)/C=C/C=C(\C)C(=O)O)C[C@@H]1C(=C)C. The Labute approximate surface area is 140 Å². The average molecular weight is 318 g/mol. The summed E-state index contributed by atoms with van der Waals surface area (Å²) in [6.07, 6.45) is 9.61. The fraction of sp³-hybridized carbons (Fsp3) is 0.550. The lowest BCUT2D eigenvalue weighted by molar-refractivity contribution is -0.132. The van der Waals surface area contributed by atoms with E-state index >= 15 is 0 Å². The molecule has 0 aromatic carbocycles. The zero-order valence-corrected chi connectivity index (χ0v) is 14.8. The number of hydrogen-bond donors (Lipinski definition) is 2. The number of hydrogen-bond acceptors (Lipinski definition) is 2. The van der Waals surface area contributed by atoms with E-state index in [9.17, 15) is 9.90 Å². The van der Waals surface area contributed by atoms with Gasteiger partial charge in [-0.2, -0.15) is 0 Å². The van der Waals surface area contributed by atoms with E-state index in [-0.39, 0.29) is 16.9 Å². The summed E-state index contributed by atoms with van der Waals surface area (Å²) in [5, 5.41) is 19.7. The minimum Gasteiger partial charge on any atom is -0.478 e. The molecule has 1 fully saturated rings. The lowest BCUT2D eigenvalue weighted by Crippen LogP contribution is -2.42. The van der Waals surface area contributed by atoms with Crippen molar-refractivity contribution < 1.29 is 15.0 Å². The van der Waals surface area contributed by atoms with Crippen LogP contribution in [0.4, 0.5) is 0 Å². The first-order valence-electron chi connectivity index (χ1n) is 8.14. The molecule has 0 aromatic rings. The number of allylic oxidation sites excluding steroid dienone is 4. The van der Waals surface area contributed by atoms with Gasteiger partial charge in [-0.25, -0.2) is 4.79 Å². The van der Waals surface area contributed by atoms with Gasteiger partial charge in [0.2, 0.25) is 0 Å². The fourth-order valence-corrected chi connectivity index (χ4v) is 3.46. The number of carboxylic acid groups (broad SMARTS) is 1. The van der Waals surface area contributed by atoms with Crippen LogP contribution in [-0.2, 0) is 4.79 Å². The van der Waals surface area contributed by atoms with E-state index in [1.165, 1.54) is 13.0 Å². The molecule has 1 unspecified atom stereocenters. The van der Waals surface area contributed by atoms with E-state index in [0.29, 0.717) is 5.92 Å². The van der Waals surface area contributed by atoms with Crippen LogP contribution in [0.1, 0.15) is 47.0 Å². The Hall–Kier alpha value is -1.61. The summed E-state index contributed by atoms with van der Waals surface area (Å²) >= 11 is 0. The van der Waals surface area contributed by atoms with E-state index in [4.69, 9.17) is 5.11 Å². The predicted molar refractivity (Wildman–Crippen MR) is 95.1 cm³/mol. The maximum atomic E-state index is 10.8. The van der Waals surface area contributed by atoms with E-state index in [1.807, 2.05) is 13.0 Å². The van der Waals surface area contributed by atoms with Crippen molar-refractivity contribution in [2.45, 2.75) is 52.6 Å². The minimum absolute atomic E-state index is 0.0297. The summed E-state index contributed by atoms with van der Waals surface area (Å²) in [7, 11) is 0. The van der Waals surface area contributed by atoms with Gasteiger partial charge in [-0.1, -0.05) is 43.4 Å². The van der Waals surface area contributed by atoms with Crippen LogP contribution in [-0.4, -0.2) is 21.8 Å². The number of carbonyl (C=O) groups is 1. The van der Waals surface area contributed by atoms with Crippen molar-refractivity contribution in [3.05, 3.63) is 48.6 Å². The van der Waals surface area contributed by atoms with Gasteiger partial charge in [0.05, 0.1) is 5.60 Å². The Bertz CT molecular complexity index is 539. The van der Waals surface area contributed by atoms with Gasteiger partial charge < -0.3 is 10.2 Å². The van der Waals surface area contributed by atoms with Gasteiger partial charge in [0.25, 0.3) is 0 Å². The molecule has 23 heavy (non-hydrogen) atoms. The predicted octanol–water partition coefficient (Wildman–Crippen LogP) is 4.51. The number of aliphatic carboxylic acids is 1. The van der Waals surface area contributed by atoms with Gasteiger partial charge in [-0.05, 0) is 57.3 Å². The van der Waals surface area contributed by atoms with Gasteiger partial charge in [0, 0.05) is 5.57 Å². The Kier molecular flexibility index (Phi) is 6.18. The molecule has 0 spiro atoms. The molecular formula is C20H30O3. The standard InChI is InChI=1S/C20H30O3/c1-7-19(5)12-10-16(13-17(19)14(2)3)20(6,23)11-8-9-15(4)18(21)22/h7-9,11,16-17,23H,1-2,10,12-13H2,3-6H3,(H,21,22)/b11-8+,15-9+/t16-,17+,19-,20?/m0/s1. The lowest BCUT2D eigenvalue weighted by atomic mass is 9.59. The molecule has 0 radical (unpaired) electrons. The van der Waals surface area contributed by atoms with Crippen molar-refractivity contribution in [2.75, 3.05) is 0 Å². The normalized spacial score (nSPS) is 31.6. The second-order valence-electron chi connectivity index (χ2n) is 7.32. The molecule has 128 valence electrons. The summed E-state index contributed by atoms with van der Waals surface area (Å²) in [6.45, 7) is 15.7. The van der Waals surface area contributed by atoms with Gasteiger partial charge in [-0.15, -0.1) is 6.58 Å². The molecule has 0 saturated heterocycles. The molecule has 0 amide bonds. The first-order chi connectivity index (χ1) is 10.5. The summed E-state index contributed by atoms with van der Waals surface area (Å²) in [4.78, 5) is 10.8. The van der Waals surface area contributed by atoms with Crippen LogP contribution in [0.2, 0.25) is 0 Å². The monoisotopic (exact) mass is 318 g/mol. The first-order valence-corrected chi connectivity index (χ1v) is 8.14. The molecule has 0 bridgehead atoms. The van der Waals surface area contributed by atoms with Crippen LogP contribution in [0, 0.1) is 17.3 Å². The second kappa shape index (κ2) is 7.31. The van der Waals surface area contributed by atoms with E-state index in [2.05, 4.69) is 20.1 Å². The van der Waals surface area contributed by atoms with Crippen LogP contribution < -0.4 is 0 Å². The molecule has 4 atom stereocenters. The molecule has 1 aliphatic rings. The first kappa shape index (κ1) is 19.4. The van der Waals surface area contributed by atoms with Crippen LogP contribution in [0.25, 0.3) is 0 Å². The molecular weight excluding hydrogens is 288 g/mol. The van der Waals surface area contributed by atoms with Crippen molar-refractivity contribution in [3.8, 4) is 0 Å². The highest BCUT2D eigenvalue weighted by molar-refractivity contribution is 5.86. The minimum atomic E-state index is -0.967. The highest BCUT2D eigenvalue weighted by Crippen LogP contribution is 2.49. The van der Waals surface area contributed by atoms with Crippen molar-refractivity contribution in [1.29, 1.82) is 0 Å². The van der Waals surface area contributed by atoms with Crippen LogP contribution in [0.3, 0.4) is 0 Å². The summed E-state index contributed by atoms with van der Waals surface area (Å²) in [5.74, 6) is -0.530. The Balaban J connectivity index is 2.92. The van der Waals surface area contributed by atoms with Crippen LogP contribution >= 0.6 is 0 Å². The Morgan fingerprint density at radius 2 is 2.00 bits per heavy atom. The third-order valence-corrected chi connectivity index (χ3v) is 5.35. The summed E-state index contributed by atoms with van der Waals surface area (Å²) < 4.78 is 0. The molecule has 0 aromatic heterocycles. The van der Waals surface area contributed by atoms with Gasteiger partial charge in [-0.3, -0.25) is 0 Å². The number of carboxylic acids is 1. The third kappa shape index (κ3) is 4.68. The van der Waals surface area contributed by atoms with Crippen molar-refractivity contribution >= 4 is 5.97 Å². The molecule has 1 aliphatic carbocycles. The Morgan fingerprint density at radius 3 is 2.48 bits per heavy atom. The molecule has 3 heteroatoms. The summed E-state index contributed by atoms with van der Waals surface area (Å²) in [5.41, 5.74) is 0.436. The van der Waals surface area contributed by atoms with Crippen molar-refractivity contribution in [1.82, 2.24) is 0 Å². The average Bonchev–Trinajstić information content (AvgIpc) is 2.46. The second-order valence-corrected chi connectivity index (χ2v) is 7.32. The molecule has 1 rings (SSSR count). The smallest absolute Gasteiger partial charge is 0.331 e. The Morgan fingerprint density at radius 1 is 1.39 bits per heavy atom. The van der Waals surface area contributed by atoms with E-state index < -0.39 is 11.6 Å². The molecule has 2 N–H and O–H groups in total. The van der Waals surface area contributed by atoms with Crippen molar-refractivity contribution in [2.24, 2.45) is 17.3 Å². The fourth-order valence-electron chi connectivity index (χ4n) is 3.46. The zero-order chi connectivity index (χ0) is 17.8. The maximum Gasteiger partial charge on any atom is 0.331 e. The maximum absolute atomic E-state index is 10.8. The topological polar surface area (TPSA) is 57.5 Å². The lowest BCUT2D eigenvalue weighted by Gasteiger charge is -2.46. The van der Waals surface area contributed by atoms with Gasteiger partial charge in [0.15, 0.2) is 0 Å². The molecule has 0 aliphatic heterocycles. The molecule has 1 saturated carbocycles. The van der Waals surface area contributed by atoms with Crippen LogP contribution in [0.5, 0.6) is 0 Å². The van der Waals surface area contributed by atoms with Crippen molar-refractivity contribution in [3.63, 3.8) is 0 Å². The summed E-state index contributed by atoms with van der Waals surface area (Å²) in [6, 6.07) is 0. The van der Waals surface area contributed by atoms with Gasteiger partial charge in [0.1, 0.15) is 0 Å². The molecule has 0 heterocycles. The highest BCUT2D eigenvalue weighted by atomic mass is 16.4. The van der Waals surface area contributed by atoms with Gasteiger partial charge >= 0.3 is 5.97 Å². The van der Waals surface area contributed by atoms with Crippen LogP contribution in [0.15, 0.2) is 48.6 Å². The zero-order valence-electron chi connectivity index (χ0n) is 14.8.